The Balaban J connectivity index is 0.000000781. The molecule has 12 nitrogen and oxygen atoms in total. The summed E-state index contributed by atoms with van der Waals surface area (Å²) in [4.78, 5) is 24.9. The average molecular weight is 600 g/mol. The summed E-state index contributed by atoms with van der Waals surface area (Å²) in [5.74, 6) is -2.05. The van der Waals surface area contributed by atoms with E-state index in [0.717, 1.165) is 7.11 Å². The van der Waals surface area contributed by atoms with Crippen molar-refractivity contribution in [2.75, 3.05) is 27.8 Å². The van der Waals surface area contributed by atoms with Gasteiger partial charge in [0.25, 0.3) is 5.71 Å². The molecule has 2 aromatic rings. The van der Waals surface area contributed by atoms with Crippen molar-refractivity contribution in [2.24, 2.45) is 0 Å². The van der Waals surface area contributed by atoms with E-state index in [4.69, 9.17) is 17.7 Å². The lowest BCUT2D eigenvalue weighted by Crippen LogP contribution is -2.32. The predicted octanol–water partition coefficient (Wildman–Crippen LogP) is 2.16. The van der Waals surface area contributed by atoms with Gasteiger partial charge in [-0.25, -0.2) is 27.1 Å². The number of nitrogens with zero attached hydrogens (tertiary/aromatic N) is 2. The minimum Gasteiger partial charge on any atom is -0.741 e. The summed E-state index contributed by atoms with van der Waals surface area (Å²) >= 11 is 0. The maximum atomic E-state index is 13.0. The van der Waals surface area contributed by atoms with Crippen LogP contribution in [0.1, 0.15) is 12.5 Å². The lowest BCUT2D eigenvalue weighted by Gasteiger charge is -2.13. The summed E-state index contributed by atoms with van der Waals surface area (Å²) in [6.07, 6.45) is -1.20. The maximum Gasteiger partial charge on any atom is 0.534 e. The van der Waals surface area contributed by atoms with Gasteiger partial charge in [0, 0.05) is 5.39 Å². The van der Waals surface area contributed by atoms with Crippen molar-refractivity contribution in [3.05, 3.63) is 29.8 Å². The Bertz CT molecular complexity index is 1450. The van der Waals surface area contributed by atoms with E-state index in [-0.39, 0.29) is 28.8 Å². The Labute approximate surface area is 210 Å². The first-order chi connectivity index (χ1) is 17.1. The number of para-hydroxylation sites is 1. The molecule has 1 aromatic heterocycles. The topological polar surface area (TPSA) is 161 Å². The minimum absolute atomic E-state index is 0.0402. The van der Waals surface area contributed by atoms with Gasteiger partial charge in [0.05, 0.1) is 19.2 Å². The molecule has 0 bridgehead atoms. The van der Waals surface area contributed by atoms with Crippen molar-refractivity contribution < 1.29 is 75.6 Å². The molecule has 0 unspecified atom stereocenters. The third-order valence-corrected chi connectivity index (χ3v) is 5.61. The van der Waals surface area contributed by atoms with Crippen LogP contribution in [-0.2, 0) is 34.5 Å². The monoisotopic (exact) mass is 600 g/mol. The van der Waals surface area contributed by atoms with Gasteiger partial charge in [0.1, 0.15) is 19.7 Å². The first-order valence-corrected chi connectivity index (χ1v) is 12.4. The van der Waals surface area contributed by atoms with Gasteiger partial charge in [-0.05, 0) is 13.0 Å². The van der Waals surface area contributed by atoms with E-state index >= 15 is 0 Å². The Morgan fingerprint density at radius 3 is 1.89 bits per heavy atom. The van der Waals surface area contributed by atoms with E-state index in [1.165, 1.54) is 49.9 Å². The van der Waals surface area contributed by atoms with Crippen LogP contribution in [0.4, 0.5) is 31.1 Å². The summed E-state index contributed by atoms with van der Waals surface area (Å²) in [7, 11) is -8.50. The van der Waals surface area contributed by atoms with Crippen LogP contribution < -0.4 is 4.18 Å². The van der Waals surface area contributed by atoms with E-state index in [2.05, 4.69) is 8.92 Å². The fraction of sp³-hybridized carbons (Fsp3) is 0.389. The molecule has 0 saturated carbocycles. The number of hydrogen-bond acceptors (Lipinski definition) is 10. The molecule has 2 rings (SSSR count). The summed E-state index contributed by atoms with van der Waals surface area (Å²) in [6, 6.07) is 5.64. The first kappa shape index (κ1) is 32.6. The summed E-state index contributed by atoms with van der Waals surface area (Å²) in [5, 5.41) is 0.0621. The zero-order valence-electron chi connectivity index (χ0n) is 19.6. The number of fused-ring (bicyclic) bond motifs is 1. The summed E-state index contributed by atoms with van der Waals surface area (Å²) in [5.41, 5.74) is -12.2. The fourth-order valence-electron chi connectivity index (χ4n) is 2.65. The number of ether oxygens (including phenoxy) is 2. The van der Waals surface area contributed by atoms with Gasteiger partial charge >= 0.3 is 33.2 Å². The second-order valence-electron chi connectivity index (χ2n) is 6.85. The third kappa shape index (κ3) is 7.13. The highest BCUT2D eigenvalue weighted by Gasteiger charge is 2.50. The van der Waals surface area contributed by atoms with Gasteiger partial charge < -0.3 is 18.2 Å². The van der Waals surface area contributed by atoms with Crippen LogP contribution in [0.15, 0.2) is 24.3 Å². The molecule has 0 fully saturated rings. The standard InChI is InChI=1S/C17H18F3N2O7S.CHF3O3S/c1-5-28-16(24)22-11-9-7-6-8-10(11)12(13(21(2)3)15(23)27-4)14(22)29-30(25,26)17(18,19)20;2-1(3,4)8(5,6)7/h6-9H,5H2,1-4H3;(H,5,6,7)/q+1;/p-1. The minimum atomic E-state index is -6.20. The van der Waals surface area contributed by atoms with Gasteiger partial charge in [0.15, 0.2) is 10.1 Å². The third-order valence-electron chi connectivity index (χ3n) is 4.10. The number of carbonyl (C=O) groups is 2. The van der Waals surface area contributed by atoms with Crippen molar-refractivity contribution >= 4 is 48.9 Å². The summed E-state index contributed by atoms with van der Waals surface area (Å²) < 4.78 is 137. The molecular weight excluding hydrogens is 582 g/mol. The molecule has 20 heteroatoms. The lowest BCUT2D eigenvalue weighted by atomic mass is 10.1. The van der Waals surface area contributed by atoms with Gasteiger partial charge in [-0.2, -0.15) is 34.8 Å². The normalized spacial score (nSPS) is 12.3. The fourth-order valence-corrected chi connectivity index (χ4v) is 3.11. The molecule has 1 aromatic carbocycles. The van der Waals surface area contributed by atoms with E-state index in [1.807, 2.05) is 0 Å². The second kappa shape index (κ2) is 11.6. The molecule has 0 atom stereocenters. The molecule has 214 valence electrons. The van der Waals surface area contributed by atoms with Crippen molar-refractivity contribution in [1.29, 1.82) is 0 Å². The molecule has 0 aliphatic heterocycles. The molecule has 0 amide bonds. The number of carbonyl (C=O) groups excluding carboxylic acids is 2. The lowest BCUT2D eigenvalue weighted by molar-refractivity contribution is -0.463. The molecule has 38 heavy (non-hydrogen) atoms. The van der Waals surface area contributed by atoms with E-state index in [0.29, 0.717) is 4.57 Å². The average Bonchev–Trinajstić information content (AvgIpc) is 3.05. The largest absolute Gasteiger partial charge is 0.741 e. The number of aromatic nitrogens is 1. The van der Waals surface area contributed by atoms with E-state index < -0.39 is 49.2 Å². The number of benzene rings is 1. The number of esters is 1. The smallest absolute Gasteiger partial charge is 0.534 e. The maximum absolute atomic E-state index is 13.0. The van der Waals surface area contributed by atoms with Crippen LogP contribution in [0.3, 0.4) is 0 Å². The molecule has 0 aliphatic carbocycles. The van der Waals surface area contributed by atoms with Gasteiger partial charge in [-0.15, -0.1) is 0 Å². The second-order valence-corrected chi connectivity index (χ2v) is 9.76. The number of rotatable bonds is 5. The number of methoxy groups -OCH3 is 1. The number of alkyl halides is 6. The van der Waals surface area contributed by atoms with E-state index in [1.54, 1.807) is 0 Å². The van der Waals surface area contributed by atoms with Crippen molar-refractivity contribution in [3.8, 4) is 5.88 Å². The van der Waals surface area contributed by atoms with Crippen LogP contribution in [0, 0.1) is 0 Å². The number of hydrogen-bond donors (Lipinski definition) is 0. The highest BCUT2D eigenvalue weighted by Crippen LogP contribution is 2.37. The molecule has 1 heterocycles. The highest BCUT2D eigenvalue weighted by molar-refractivity contribution is 7.88. The van der Waals surface area contributed by atoms with Crippen LogP contribution in [-0.4, -0.2) is 87.1 Å². The Hall–Kier alpha value is -3.39. The number of halogens is 6. The highest BCUT2D eigenvalue weighted by atomic mass is 32.2. The Morgan fingerprint density at radius 2 is 1.50 bits per heavy atom. The van der Waals surface area contributed by atoms with E-state index in [9.17, 15) is 44.3 Å². The molecular formula is C18H18F6N2O10S2. The molecule has 0 radical (unpaired) electrons. The van der Waals surface area contributed by atoms with Crippen molar-refractivity contribution in [1.82, 2.24) is 4.57 Å². The van der Waals surface area contributed by atoms with Crippen molar-refractivity contribution in [3.63, 3.8) is 0 Å². The summed E-state index contributed by atoms with van der Waals surface area (Å²) in [6.45, 7) is 1.29. The molecule has 0 N–H and O–H groups in total. The van der Waals surface area contributed by atoms with Gasteiger partial charge in [0.2, 0.25) is 5.88 Å². The first-order valence-electron chi connectivity index (χ1n) is 9.58. The van der Waals surface area contributed by atoms with Crippen LogP contribution in [0.2, 0.25) is 0 Å². The quantitative estimate of drug-likeness (QED) is 0.0946. The molecule has 0 spiro atoms. The molecule has 0 saturated heterocycles. The Kier molecular flexibility index (Phi) is 9.93. The van der Waals surface area contributed by atoms with Crippen LogP contribution >= 0.6 is 0 Å². The van der Waals surface area contributed by atoms with Crippen LogP contribution in [0.25, 0.3) is 10.9 Å². The van der Waals surface area contributed by atoms with Gasteiger partial charge in [-0.1, -0.05) is 18.2 Å². The zero-order chi connectivity index (χ0) is 29.9. The van der Waals surface area contributed by atoms with Crippen LogP contribution in [0.5, 0.6) is 5.88 Å². The SMILES string of the molecule is CCOC(=O)n1c(OS(=O)(=O)C(F)(F)F)c(C(C(=O)OC)=[N+](C)C)c2ccccc21.O=S(=O)([O-])C(F)(F)F. The Morgan fingerprint density at radius 1 is 1.00 bits per heavy atom. The predicted molar refractivity (Wildman–Crippen MR) is 114 cm³/mol. The van der Waals surface area contributed by atoms with Crippen molar-refractivity contribution in [2.45, 2.75) is 17.9 Å². The van der Waals surface area contributed by atoms with Gasteiger partial charge in [-0.3, -0.25) is 0 Å². The zero-order valence-corrected chi connectivity index (χ0v) is 21.2. The molecule has 0 aliphatic rings.